The first-order valence-corrected chi connectivity index (χ1v) is 4.77. The van der Waals surface area contributed by atoms with Crippen LogP contribution in [0.2, 0.25) is 0 Å². The van der Waals surface area contributed by atoms with Gasteiger partial charge in [-0.1, -0.05) is 13.8 Å². The molecule has 1 atom stereocenters. The lowest BCUT2D eigenvalue weighted by Gasteiger charge is -2.19. The van der Waals surface area contributed by atoms with Crippen LogP contribution in [0.3, 0.4) is 0 Å². The summed E-state index contributed by atoms with van der Waals surface area (Å²) < 4.78 is 0. The lowest BCUT2D eigenvalue weighted by atomic mass is 10.1. The van der Waals surface area contributed by atoms with E-state index in [1.54, 1.807) is 18.9 Å². The minimum atomic E-state index is -0.401. The summed E-state index contributed by atoms with van der Waals surface area (Å²) in [4.78, 5) is 12.9. The third-order valence-corrected chi connectivity index (χ3v) is 1.95. The summed E-state index contributed by atoms with van der Waals surface area (Å²) in [5.41, 5.74) is 0. The Hall–Kier alpha value is -0.240. The number of rotatable bonds is 4. The third-order valence-electron chi connectivity index (χ3n) is 1.76. The molecule has 0 fully saturated rings. The smallest absolute Gasteiger partial charge is 0.240 e. The van der Waals surface area contributed by atoms with Crippen LogP contribution in [-0.2, 0) is 4.79 Å². The largest absolute Gasteiger partial charge is 0.344 e. The number of alkyl halides is 1. The van der Waals surface area contributed by atoms with Gasteiger partial charge in [0.2, 0.25) is 5.91 Å². The lowest BCUT2D eigenvalue weighted by Crippen LogP contribution is -2.33. The highest BCUT2D eigenvalue weighted by Gasteiger charge is 2.14. The van der Waals surface area contributed by atoms with Crippen LogP contribution in [-0.4, -0.2) is 29.8 Å². The standard InChI is InChI=1S/C9H18ClNO/c1-7(2)5-6-11(4)9(12)8(3)10/h7-8H,5-6H2,1-4H3. The Morgan fingerprint density at radius 1 is 1.42 bits per heavy atom. The van der Waals surface area contributed by atoms with Crippen molar-refractivity contribution in [2.45, 2.75) is 32.6 Å². The van der Waals surface area contributed by atoms with E-state index in [0.29, 0.717) is 5.92 Å². The van der Waals surface area contributed by atoms with Gasteiger partial charge in [-0.25, -0.2) is 0 Å². The number of hydrogen-bond donors (Lipinski definition) is 0. The number of nitrogens with zero attached hydrogens (tertiary/aromatic N) is 1. The van der Waals surface area contributed by atoms with Gasteiger partial charge in [0.25, 0.3) is 0 Å². The number of carbonyl (C=O) groups is 1. The van der Waals surface area contributed by atoms with Gasteiger partial charge in [0.1, 0.15) is 5.38 Å². The summed E-state index contributed by atoms with van der Waals surface area (Å²) >= 11 is 5.65. The molecule has 0 rings (SSSR count). The van der Waals surface area contributed by atoms with E-state index in [1.807, 2.05) is 0 Å². The van der Waals surface area contributed by atoms with Crippen LogP contribution in [0.25, 0.3) is 0 Å². The summed E-state index contributed by atoms with van der Waals surface area (Å²) in [6.45, 7) is 6.79. The number of halogens is 1. The van der Waals surface area contributed by atoms with Crippen LogP contribution >= 0.6 is 11.6 Å². The van der Waals surface area contributed by atoms with Crippen LogP contribution in [0.1, 0.15) is 27.2 Å². The van der Waals surface area contributed by atoms with Crippen LogP contribution in [0.15, 0.2) is 0 Å². The molecule has 0 aromatic carbocycles. The van der Waals surface area contributed by atoms with Crippen molar-refractivity contribution < 1.29 is 4.79 Å². The summed E-state index contributed by atoms with van der Waals surface area (Å²) in [6, 6.07) is 0. The van der Waals surface area contributed by atoms with Crippen molar-refractivity contribution in [2.75, 3.05) is 13.6 Å². The topological polar surface area (TPSA) is 20.3 Å². The Balaban J connectivity index is 3.72. The Bertz CT molecular complexity index is 145. The zero-order valence-corrected chi connectivity index (χ0v) is 9.06. The summed E-state index contributed by atoms with van der Waals surface area (Å²) in [5, 5.41) is -0.401. The van der Waals surface area contributed by atoms with Gasteiger partial charge in [0.15, 0.2) is 0 Å². The number of amides is 1. The molecule has 12 heavy (non-hydrogen) atoms. The molecule has 0 aromatic heterocycles. The van der Waals surface area contributed by atoms with Gasteiger partial charge in [-0.2, -0.15) is 0 Å². The summed E-state index contributed by atoms with van der Waals surface area (Å²) in [7, 11) is 1.80. The van der Waals surface area contributed by atoms with Crippen LogP contribution < -0.4 is 0 Å². The molecular weight excluding hydrogens is 174 g/mol. The minimum Gasteiger partial charge on any atom is -0.344 e. The maximum absolute atomic E-state index is 11.2. The number of carbonyl (C=O) groups excluding carboxylic acids is 1. The molecule has 72 valence electrons. The lowest BCUT2D eigenvalue weighted by molar-refractivity contribution is -0.129. The van der Waals surface area contributed by atoms with Crippen molar-refractivity contribution in [1.82, 2.24) is 4.90 Å². The molecule has 0 aromatic rings. The van der Waals surface area contributed by atoms with Gasteiger partial charge in [0.05, 0.1) is 0 Å². The van der Waals surface area contributed by atoms with Gasteiger partial charge in [-0.15, -0.1) is 11.6 Å². The molecule has 0 N–H and O–H groups in total. The normalized spacial score (nSPS) is 13.2. The molecule has 1 amide bonds. The van der Waals surface area contributed by atoms with E-state index in [1.165, 1.54) is 0 Å². The van der Waals surface area contributed by atoms with Gasteiger partial charge in [-0.3, -0.25) is 4.79 Å². The first kappa shape index (κ1) is 11.8. The maximum Gasteiger partial charge on any atom is 0.240 e. The fraction of sp³-hybridized carbons (Fsp3) is 0.889. The minimum absolute atomic E-state index is 0.0114. The molecule has 0 saturated carbocycles. The molecule has 0 aliphatic carbocycles. The molecule has 0 radical (unpaired) electrons. The highest BCUT2D eigenvalue weighted by atomic mass is 35.5. The van der Waals surface area contributed by atoms with Crippen molar-refractivity contribution in [3.63, 3.8) is 0 Å². The molecule has 0 spiro atoms. The van der Waals surface area contributed by atoms with E-state index in [0.717, 1.165) is 13.0 Å². The molecule has 0 aliphatic heterocycles. The second kappa shape index (κ2) is 5.41. The zero-order valence-electron chi connectivity index (χ0n) is 8.30. The van der Waals surface area contributed by atoms with Crippen LogP contribution in [0, 0.1) is 5.92 Å². The predicted octanol–water partition coefficient (Wildman–Crippen LogP) is 2.12. The Labute approximate surface area is 79.9 Å². The van der Waals surface area contributed by atoms with E-state index in [9.17, 15) is 4.79 Å². The Morgan fingerprint density at radius 3 is 2.25 bits per heavy atom. The molecule has 2 nitrogen and oxygen atoms in total. The van der Waals surface area contributed by atoms with Crippen molar-refractivity contribution >= 4 is 17.5 Å². The molecule has 0 saturated heterocycles. The monoisotopic (exact) mass is 191 g/mol. The van der Waals surface area contributed by atoms with E-state index in [2.05, 4.69) is 13.8 Å². The highest BCUT2D eigenvalue weighted by molar-refractivity contribution is 6.30. The Morgan fingerprint density at radius 2 is 1.92 bits per heavy atom. The molecule has 0 aliphatic rings. The van der Waals surface area contributed by atoms with E-state index >= 15 is 0 Å². The maximum atomic E-state index is 11.2. The van der Waals surface area contributed by atoms with Crippen LogP contribution in [0.5, 0.6) is 0 Å². The average Bonchev–Trinajstić information content (AvgIpc) is 1.98. The van der Waals surface area contributed by atoms with Crippen molar-refractivity contribution in [2.24, 2.45) is 5.92 Å². The second-order valence-corrected chi connectivity index (χ2v) is 4.21. The first-order chi connectivity index (χ1) is 5.45. The SMILES string of the molecule is CC(C)CCN(C)C(=O)C(C)Cl. The van der Waals surface area contributed by atoms with Crippen molar-refractivity contribution in [3.8, 4) is 0 Å². The summed E-state index contributed by atoms with van der Waals surface area (Å²) in [5.74, 6) is 0.642. The number of hydrogen-bond acceptors (Lipinski definition) is 1. The van der Waals surface area contributed by atoms with Crippen LogP contribution in [0.4, 0.5) is 0 Å². The Kier molecular flexibility index (Phi) is 5.31. The fourth-order valence-corrected chi connectivity index (χ4v) is 1.03. The van der Waals surface area contributed by atoms with E-state index < -0.39 is 5.38 Å². The molecular formula is C9H18ClNO. The van der Waals surface area contributed by atoms with Gasteiger partial charge in [-0.05, 0) is 19.3 Å². The average molecular weight is 192 g/mol. The summed E-state index contributed by atoms with van der Waals surface area (Å²) in [6.07, 6.45) is 1.03. The molecule has 0 heterocycles. The van der Waals surface area contributed by atoms with Crippen molar-refractivity contribution in [3.05, 3.63) is 0 Å². The highest BCUT2D eigenvalue weighted by Crippen LogP contribution is 2.04. The quantitative estimate of drug-likeness (QED) is 0.624. The zero-order chi connectivity index (χ0) is 9.72. The van der Waals surface area contributed by atoms with Crippen molar-refractivity contribution in [1.29, 1.82) is 0 Å². The van der Waals surface area contributed by atoms with E-state index in [-0.39, 0.29) is 5.91 Å². The van der Waals surface area contributed by atoms with Gasteiger partial charge in [0, 0.05) is 13.6 Å². The molecule has 0 bridgehead atoms. The fourth-order valence-electron chi connectivity index (χ4n) is 0.866. The molecule has 3 heteroatoms. The second-order valence-electron chi connectivity index (χ2n) is 3.56. The first-order valence-electron chi connectivity index (χ1n) is 4.34. The molecule has 1 unspecified atom stereocenters. The predicted molar refractivity (Wildman–Crippen MR) is 52.4 cm³/mol. The van der Waals surface area contributed by atoms with Gasteiger partial charge >= 0.3 is 0 Å². The van der Waals surface area contributed by atoms with E-state index in [4.69, 9.17) is 11.6 Å². The van der Waals surface area contributed by atoms with Gasteiger partial charge < -0.3 is 4.90 Å². The third kappa shape index (κ3) is 4.60.